The molecule has 2 amide bonds. The van der Waals surface area contributed by atoms with Gasteiger partial charge in [0.25, 0.3) is 11.8 Å². The normalized spacial score (nSPS) is 10.4. The number of hydrazine groups is 1. The van der Waals surface area contributed by atoms with Gasteiger partial charge in [0.15, 0.2) is 6.61 Å². The molecule has 0 unspecified atom stereocenters. The molecule has 8 heteroatoms. The summed E-state index contributed by atoms with van der Waals surface area (Å²) in [7, 11) is 0. The van der Waals surface area contributed by atoms with Crippen LogP contribution in [0.15, 0.2) is 48.5 Å². The molecule has 25 heavy (non-hydrogen) atoms. The van der Waals surface area contributed by atoms with E-state index < -0.39 is 11.8 Å². The Morgan fingerprint density at radius 2 is 1.88 bits per heavy atom. The van der Waals surface area contributed by atoms with E-state index in [0.717, 1.165) is 11.1 Å². The van der Waals surface area contributed by atoms with Gasteiger partial charge < -0.3 is 4.74 Å². The number of carbonyl (C=O) groups is 2. The minimum Gasteiger partial charge on any atom is -0.484 e. The third-order valence-electron chi connectivity index (χ3n) is 3.41. The molecule has 0 aliphatic rings. The Hall–Kier alpha value is -3.42. The van der Waals surface area contributed by atoms with E-state index in [4.69, 9.17) is 4.74 Å². The molecule has 0 aliphatic carbocycles. The first kappa shape index (κ1) is 16.4. The summed E-state index contributed by atoms with van der Waals surface area (Å²) in [6.45, 7) is 1.68. The summed E-state index contributed by atoms with van der Waals surface area (Å²) >= 11 is 0. The Kier molecular flexibility index (Phi) is 4.89. The lowest BCUT2D eigenvalue weighted by atomic mass is 10.2. The molecule has 128 valence electrons. The highest BCUT2D eigenvalue weighted by Crippen LogP contribution is 2.12. The summed E-state index contributed by atoms with van der Waals surface area (Å²) in [6, 6.07) is 14.7. The van der Waals surface area contributed by atoms with Gasteiger partial charge in [-0.05, 0) is 36.8 Å². The van der Waals surface area contributed by atoms with Gasteiger partial charge in [-0.25, -0.2) is 4.68 Å². The number of aryl methyl sites for hydroxylation is 1. The summed E-state index contributed by atoms with van der Waals surface area (Å²) in [5, 5.41) is 7.88. The van der Waals surface area contributed by atoms with Crippen LogP contribution in [0.1, 0.15) is 5.56 Å². The Labute approximate surface area is 143 Å². The summed E-state index contributed by atoms with van der Waals surface area (Å²) < 4.78 is 6.81. The van der Waals surface area contributed by atoms with Crippen molar-refractivity contribution in [3.8, 4) is 5.75 Å². The van der Waals surface area contributed by atoms with Gasteiger partial charge in [-0.2, -0.15) is 0 Å². The first-order valence-corrected chi connectivity index (χ1v) is 7.67. The molecule has 0 aliphatic heterocycles. The van der Waals surface area contributed by atoms with E-state index in [1.165, 1.54) is 4.68 Å². The fourth-order valence-electron chi connectivity index (χ4n) is 2.24. The molecule has 1 heterocycles. The predicted molar refractivity (Wildman–Crippen MR) is 90.5 cm³/mol. The van der Waals surface area contributed by atoms with Gasteiger partial charge in [0.1, 0.15) is 17.8 Å². The lowest BCUT2D eigenvalue weighted by Gasteiger charge is -2.09. The summed E-state index contributed by atoms with van der Waals surface area (Å²) in [6.07, 6.45) is 0. The summed E-state index contributed by atoms with van der Waals surface area (Å²) in [5.74, 6) is -0.284. The number of hydrogen-bond donors (Lipinski definition) is 2. The summed E-state index contributed by atoms with van der Waals surface area (Å²) in [5.41, 5.74) is 7.10. The van der Waals surface area contributed by atoms with E-state index in [9.17, 15) is 9.59 Å². The topological polar surface area (TPSA) is 98.1 Å². The maximum Gasteiger partial charge on any atom is 0.276 e. The van der Waals surface area contributed by atoms with Gasteiger partial charge in [-0.3, -0.25) is 20.4 Å². The second-order valence-corrected chi connectivity index (χ2v) is 5.44. The molecule has 1 aromatic heterocycles. The van der Waals surface area contributed by atoms with Crippen LogP contribution in [-0.4, -0.2) is 33.4 Å². The molecule has 0 fully saturated rings. The molecule has 0 saturated carbocycles. The van der Waals surface area contributed by atoms with Crippen LogP contribution in [0.4, 0.5) is 0 Å². The van der Waals surface area contributed by atoms with Crippen molar-refractivity contribution in [2.24, 2.45) is 0 Å². The van der Waals surface area contributed by atoms with Crippen molar-refractivity contribution >= 4 is 22.8 Å². The van der Waals surface area contributed by atoms with E-state index >= 15 is 0 Å². The minimum atomic E-state index is -0.460. The Balaban J connectivity index is 1.46. The highest BCUT2D eigenvalue weighted by Gasteiger charge is 2.10. The number of benzene rings is 2. The Bertz CT molecular complexity index is 906. The van der Waals surface area contributed by atoms with E-state index in [1.807, 2.05) is 43.3 Å². The molecule has 2 aromatic carbocycles. The first-order valence-electron chi connectivity index (χ1n) is 7.67. The molecule has 8 nitrogen and oxygen atoms in total. The predicted octanol–water partition coefficient (Wildman–Crippen LogP) is 0.966. The number of fused-ring (bicyclic) bond motifs is 1. The molecule has 0 radical (unpaired) electrons. The monoisotopic (exact) mass is 339 g/mol. The van der Waals surface area contributed by atoms with E-state index in [1.54, 1.807) is 12.1 Å². The van der Waals surface area contributed by atoms with Crippen molar-refractivity contribution in [2.45, 2.75) is 13.5 Å². The number of amides is 2. The quantitative estimate of drug-likeness (QED) is 0.675. The number of rotatable bonds is 5. The molecular formula is C17H17N5O3. The van der Waals surface area contributed by atoms with Crippen LogP contribution >= 0.6 is 0 Å². The molecule has 0 bridgehead atoms. The van der Waals surface area contributed by atoms with Gasteiger partial charge in [-0.1, -0.05) is 29.5 Å². The van der Waals surface area contributed by atoms with Crippen molar-refractivity contribution in [2.75, 3.05) is 6.61 Å². The zero-order valence-electron chi connectivity index (χ0n) is 13.6. The number of para-hydroxylation sites is 1. The average Bonchev–Trinajstić information content (AvgIpc) is 3.01. The lowest BCUT2D eigenvalue weighted by molar-refractivity contribution is -0.130. The largest absolute Gasteiger partial charge is 0.484 e. The number of carbonyl (C=O) groups excluding carboxylic acids is 2. The Morgan fingerprint density at radius 3 is 2.72 bits per heavy atom. The number of hydrogen-bond acceptors (Lipinski definition) is 5. The molecule has 0 spiro atoms. The molecular weight excluding hydrogens is 322 g/mol. The number of aromatic nitrogens is 3. The smallest absolute Gasteiger partial charge is 0.276 e. The highest BCUT2D eigenvalue weighted by molar-refractivity contribution is 5.83. The van der Waals surface area contributed by atoms with Crippen molar-refractivity contribution in [1.82, 2.24) is 25.8 Å². The molecule has 3 aromatic rings. The first-order chi connectivity index (χ1) is 12.1. The third-order valence-corrected chi connectivity index (χ3v) is 3.41. The van der Waals surface area contributed by atoms with Crippen LogP contribution in [-0.2, 0) is 16.1 Å². The van der Waals surface area contributed by atoms with Gasteiger partial charge in [-0.15, -0.1) is 5.10 Å². The Morgan fingerprint density at radius 1 is 1.08 bits per heavy atom. The fourth-order valence-corrected chi connectivity index (χ4v) is 2.24. The van der Waals surface area contributed by atoms with Gasteiger partial charge in [0.2, 0.25) is 0 Å². The van der Waals surface area contributed by atoms with Gasteiger partial charge in [0, 0.05) is 0 Å². The second kappa shape index (κ2) is 7.43. The lowest BCUT2D eigenvalue weighted by Crippen LogP contribution is -2.45. The van der Waals surface area contributed by atoms with Crippen molar-refractivity contribution < 1.29 is 14.3 Å². The molecule has 2 N–H and O–H groups in total. The van der Waals surface area contributed by atoms with Crippen LogP contribution in [0.5, 0.6) is 5.75 Å². The number of nitrogens with zero attached hydrogens (tertiary/aromatic N) is 3. The van der Waals surface area contributed by atoms with Crippen molar-refractivity contribution in [1.29, 1.82) is 0 Å². The standard InChI is InChI=1S/C17H17N5O3/c1-12-5-4-6-13(9-12)25-11-17(24)20-19-16(23)10-22-15-8-3-2-7-14(15)18-21-22/h2-9H,10-11H2,1H3,(H,19,23)(H,20,24). The van der Waals surface area contributed by atoms with E-state index in [0.29, 0.717) is 11.3 Å². The van der Waals surface area contributed by atoms with Gasteiger partial charge >= 0.3 is 0 Å². The summed E-state index contributed by atoms with van der Waals surface area (Å²) in [4.78, 5) is 23.7. The van der Waals surface area contributed by atoms with E-state index in [2.05, 4.69) is 21.2 Å². The molecule has 0 saturated heterocycles. The molecule has 0 atom stereocenters. The van der Waals surface area contributed by atoms with Crippen molar-refractivity contribution in [3.63, 3.8) is 0 Å². The van der Waals surface area contributed by atoms with Gasteiger partial charge in [0.05, 0.1) is 5.52 Å². The zero-order valence-corrected chi connectivity index (χ0v) is 13.6. The van der Waals surface area contributed by atoms with Crippen molar-refractivity contribution in [3.05, 3.63) is 54.1 Å². The molecule has 3 rings (SSSR count). The maximum atomic E-state index is 11.9. The van der Waals surface area contributed by atoms with E-state index in [-0.39, 0.29) is 13.2 Å². The highest BCUT2D eigenvalue weighted by atomic mass is 16.5. The van der Waals surface area contributed by atoms with Crippen LogP contribution in [0, 0.1) is 6.92 Å². The zero-order chi connectivity index (χ0) is 17.6. The fraction of sp³-hybridized carbons (Fsp3) is 0.176. The third kappa shape index (κ3) is 4.31. The van der Waals surface area contributed by atoms with Crippen LogP contribution in [0.25, 0.3) is 11.0 Å². The average molecular weight is 339 g/mol. The SMILES string of the molecule is Cc1cccc(OCC(=O)NNC(=O)Cn2nnc3ccccc32)c1. The second-order valence-electron chi connectivity index (χ2n) is 5.44. The number of ether oxygens (including phenoxy) is 1. The maximum absolute atomic E-state index is 11.9. The van der Waals surface area contributed by atoms with Crippen LogP contribution in [0.3, 0.4) is 0 Å². The van der Waals surface area contributed by atoms with Crippen LogP contribution in [0.2, 0.25) is 0 Å². The van der Waals surface area contributed by atoms with Crippen LogP contribution < -0.4 is 15.6 Å². The minimum absolute atomic E-state index is 0.0560. The number of nitrogens with one attached hydrogen (secondary N) is 2.